The Labute approximate surface area is 171 Å². The number of aromatic nitrogens is 2. The molecule has 2 N–H and O–H groups in total. The van der Waals surface area contributed by atoms with E-state index in [9.17, 15) is 0 Å². The number of likely N-dealkylation sites (tertiary alicyclic amines) is 1. The van der Waals surface area contributed by atoms with Gasteiger partial charge in [-0.2, -0.15) is 5.10 Å². The number of carboxylic acid groups (broad SMARTS) is 2. The van der Waals surface area contributed by atoms with E-state index >= 15 is 0 Å². The monoisotopic (exact) mass is 399 g/mol. The van der Waals surface area contributed by atoms with Crippen LogP contribution in [0.2, 0.25) is 0 Å². The van der Waals surface area contributed by atoms with Crippen molar-refractivity contribution in [2.45, 2.75) is 50.9 Å². The molecule has 1 fully saturated rings. The number of rotatable bonds is 4. The molecule has 156 valence electrons. The smallest absolute Gasteiger partial charge is 0.414 e. The van der Waals surface area contributed by atoms with Crippen molar-refractivity contribution in [2.75, 3.05) is 19.6 Å². The van der Waals surface area contributed by atoms with E-state index in [0.717, 1.165) is 0 Å². The Hall–Kier alpha value is -2.67. The zero-order valence-electron chi connectivity index (χ0n) is 16.7. The second-order valence-corrected chi connectivity index (χ2v) is 7.68. The number of hydrogen-bond donors (Lipinski definition) is 2. The first-order chi connectivity index (χ1) is 14.1. The Bertz CT molecular complexity index is 801. The van der Waals surface area contributed by atoms with E-state index in [-0.39, 0.29) is 0 Å². The Balaban J connectivity index is 0.000000353. The summed E-state index contributed by atoms with van der Waals surface area (Å²) in [5.41, 5.74) is 4.16. The summed E-state index contributed by atoms with van der Waals surface area (Å²) in [7, 11) is 0. The van der Waals surface area contributed by atoms with Crippen molar-refractivity contribution in [2.24, 2.45) is 0 Å². The van der Waals surface area contributed by atoms with Crippen molar-refractivity contribution >= 4 is 11.9 Å². The van der Waals surface area contributed by atoms with Gasteiger partial charge >= 0.3 is 11.9 Å². The minimum absolute atomic E-state index is 0.707. The number of aliphatic carboxylic acids is 2. The fourth-order valence-corrected chi connectivity index (χ4v) is 4.26. The van der Waals surface area contributed by atoms with Crippen LogP contribution in [-0.4, -0.2) is 56.5 Å². The molecule has 1 saturated heterocycles. The SMILES string of the molecule is O=C(O)C(=O)O.c1ccc(-n2ncc3c2CCCC3CCN2CCCCC2)cc1. The summed E-state index contributed by atoms with van der Waals surface area (Å²) < 4.78 is 2.17. The average Bonchev–Trinajstić information content (AvgIpc) is 3.19. The lowest BCUT2D eigenvalue weighted by Crippen LogP contribution is -2.31. The first-order valence-corrected chi connectivity index (χ1v) is 10.4. The molecule has 1 aromatic carbocycles. The van der Waals surface area contributed by atoms with Crippen LogP contribution in [0, 0.1) is 0 Å². The van der Waals surface area contributed by atoms with Crippen molar-refractivity contribution < 1.29 is 19.8 Å². The van der Waals surface area contributed by atoms with Gasteiger partial charge in [-0.3, -0.25) is 0 Å². The number of hydrogen-bond acceptors (Lipinski definition) is 4. The van der Waals surface area contributed by atoms with Crippen LogP contribution in [0.25, 0.3) is 5.69 Å². The van der Waals surface area contributed by atoms with E-state index in [2.05, 4.69) is 46.1 Å². The standard InChI is InChI=1S/C20H27N3.C2H2O4/c1-3-9-18(10-4-1)23-20-11-7-8-17(19(20)16-21-23)12-15-22-13-5-2-6-14-22;3-1(4)2(5)6/h1,3-4,9-10,16-17H,2,5-8,11-15H2;(H,3,4)(H,5,6). The minimum Gasteiger partial charge on any atom is -0.473 e. The maximum atomic E-state index is 9.10. The summed E-state index contributed by atoms with van der Waals surface area (Å²) in [4.78, 5) is 20.9. The molecule has 1 atom stereocenters. The van der Waals surface area contributed by atoms with Gasteiger partial charge in [0.15, 0.2) is 0 Å². The van der Waals surface area contributed by atoms with Gasteiger partial charge in [0.25, 0.3) is 0 Å². The van der Waals surface area contributed by atoms with Gasteiger partial charge in [0.2, 0.25) is 0 Å². The number of carboxylic acids is 2. The fourth-order valence-electron chi connectivity index (χ4n) is 4.26. The van der Waals surface area contributed by atoms with Crippen LogP contribution in [0.15, 0.2) is 36.5 Å². The van der Waals surface area contributed by atoms with Gasteiger partial charge in [-0.05, 0) is 81.8 Å². The Kier molecular flexibility index (Phi) is 7.41. The van der Waals surface area contributed by atoms with Crippen molar-refractivity contribution in [3.63, 3.8) is 0 Å². The van der Waals surface area contributed by atoms with E-state index in [4.69, 9.17) is 24.9 Å². The van der Waals surface area contributed by atoms with E-state index in [1.807, 2.05) is 0 Å². The van der Waals surface area contributed by atoms with Crippen LogP contribution in [0.3, 0.4) is 0 Å². The Morgan fingerprint density at radius 3 is 2.34 bits per heavy atom. The van der Waals surface area contributed by atoms with Crippen LogP contribution in [0.1, 0.15) is 55.7 Å². The van der Waals surface area contributed by atoms with Gasteiger partial charge in [0.05, 0.1) is 11.9 Å². The highest BCUT2D eigenvalue weighted by molar-refractivity contribution is 6.27. The zero-order chi connectivity index (χ0) is 20.6. The highest BCUT2D eigenvalue weighted by atomic mass is 16.4. The average molecular weight is 399 g/mol. The van der Waals surface area contributed by atoms with Crippen molar-refractivity contribution in [1.82, 2.24) is 14.7 Å². The normalized spacial score (nSPS) is 19.0. The molecule has 1 aliphatic carbocycles. The number of para-hydroxylation sites is 1. The van der Waals surface area contributed by atoms with Crippen molar-refractivity contribution in [3.8, 4) is 5.69 Å². The third-order valence-corrected chi connectivity index (χ3v) is 5.73. The summed E-state index contributed by atoms with van der Waals surface area (Å²) in [6, 6.07) is 10.6. The van der Waals surface area contributed by atoms with Gasteiger partial charge in [0, 0.05) is 5.69 Å². The largest absolute Gasteiger partial charge is 0.473 e. The van der Waals surface area contributed by atoms with Gasteiger partial charge in [-0.1, -0.05) is 24.6 Å². The third kappa shape index (κ3) is 5.67. The highest BCUT2D eigenvalue weighted by Crippen LogP contribution is 2.35. The predicted octanol–water partition coefficient (Wildman–Crippen LogP) is 3.32. The quantitative estimate of drug-likeness (QED) is 0.766. The molecular weight excluding hydrogens is 370 g/mol. The molecule has 2 aromatic rings. The Morgan fingerprint density at radius 2 is 1.69 bits per heavy atom. The lowest BCUT2D eigenvalue weighted by Gasteiger charge is -2.29. The van der Waals surface area contributed by atoms with Gasteiger partial charge < -0.3 is 15.1 Å². The van der Waals surface area contributed by atoms with Crippen LogP contribution in [0.5, 0.6) is 0 Å². The van der Waals surface area contributed by atoms with Crippen molar-refractivity contribution in [3.05, 3.63) is 47.8 Å². The van der Waals surface area contributed by atoms with Crippen LogP contribution < -0.4 is 0 Å². The summed E-state index contributed by atoms with van der Waals surface area (Å²) in [6.45, 7) is 3.88. The topological polar surface area (TPSA) is 95.7 Å². The maximum Gasteiger partial charge on any atom is 0.414 e. The molecule has 0 bridgehead atoms. The van der Waals surface area contributed by atoms with E-state index in [1.54, 1.807) is 0 Å². The van der Waals surface area contributed by atoms with E-state index in [1.165, 1.54) is 81.5 Å². The molecule has 7 heteroatoms. The molecule has 1 aromatic heterocycles. The molecule has 1 aliphatic heterocycles. The molecule has 2 aliphatic rings. The van der Waals surface area contributed by atoms with Gasteiger partial charge in [-0.15, -0.1) is 0 Å². The maximum absolute atomic E-state index is 9.10. The fraction of sp³-hybridized carbons (Fsp3) is 0.500. The predicted molar refractivity (Wildman–Crippen MR) is 109 cm³/mol. The van der Waals surface area contributed by atoms with Crippen molar-refractivity contribution in [1.29, 1.82) is 0 Å². The number of nitrogens with zero attached hydrogens (tertiary/aromatic N) is 3. The summed E-state index contributed by atoms with van der Waals surface area (Å²) >= 11 is 0. The lowest BCUT2D eigenvalue weighted by atomic mass is 9.84. The number of carbonyl (C=O) groups is 2. The third-order valence-electron chi connectivity index (χ3n) is 5.73. The number of benzene rings is 1. The van der Waals surface area contributed by atoms with E-state index < -0.39 is 11.9 Å². The van der Waals surface area contributed by atoms with Crippen LogP contribution in [0.4, 0.5) is 0 Å². The van der Waals surface area contributed by atoms with Gasteiger partial charge in [-0.25, -0.2) is 14.3 Å². The first kappa shape index (κ1) is 21.0. The molecule has 7 nitrogen and oxygen atoms in total. The van der Waals surface area contributed by atoms with Gasteiger partial charge in [0.1, 0.15) is 0 Å². The van der Waals surface area contributed by atoms with E-state index in [0.29, 0.717) is 5.92 Å². The Morgan fingerprint density at radius 1 is 1.00 bits per heavy atom. The summed E-state index contributed by atoms with van der Waals surface area (Å²) in [6.07, 6.45) is 11.5. The molecule has 0 spiro atoms. The lowest BCUT2D eigenvalue weighted by molar-refractivity contribution is -0.159. The highest BCUT2D eigenvalue weighted by Gasteiger charge is 2.25. The number of fused-ring (bicyclic) bond motifs is 1. The molecule has 2 heterocycles. The second kappa shape index (κ2) is 10.2. The minimum atomic E-state index is -1.82. The molecule has 1 unspecified atom stereocenters. The summed E-state index contributed by atoms with van der Waals surface area (Å²) in [5, 5.41) is 19.5. The summed E-state index contributed by atoms with van der Waals surface area (Å²) in [5.74, 6) is -2.94. The molecule has 4 rings (SSSR count). The second-order valence-electron chi connectivity index (χ2n) is 7.68. The van der Waals surface area contributed by atoms with Crippen LogP contribution in [-0.2, 0) is 16.0 Å². The number of piperidine rings is 1. The molecule has 0 saturated carbocycles. The van der Waals surface area contributed by atoms with Crippen LogP contribution >= 0.6 is 0 Å². The first-order valence-electron chi connectivity index (χ1n) is 10.4. The molecule has 0 amide bonds. The molecular formula is C22H29N3O4. The zero-order valence-corrected chi connectivity index (χ0v) is 16.7. The molecule has 0 radical (unpaired) electrons. The molecule has 29 heavy (non-hydrogen) atoms.